The van der Waals surface area contributed by atoms with Crippen molar-refractivity contribution in [1.82, 2.24) is 15.1 Å². The first-order chi connectivity index (χ1) is 19.1. The molecule has 1 fully saturated rings. The number of anilines is 1. The molecule has 7 nitrogen and oxygen atoms in total. The number of benzene rings is 4. The van der Waals surface area contributed by atoms with Crippen LogP contribution in [0.25, 0.3) is 16.6 Å². The molecule has 39 heavy (non-hydrogen) atoms. The Morgan fingerprint density at radius 2 is 1.62 bits per heavy atom. The van der Waals surface area contributed by atoms with Crippen molar-refractivity contribution < 1.29 is 18.7 Å². The first kappa shape index (κ1) is 24.4. The Bertz CT molecular complexity index is 1620. The highest BCUT2D eigenvalue weighted by Gasteiger charge is 2.42. The minimum Gasteiger partial charge on any atom is -0.445 e. The van der Waals surface area contributed by atoms with Gasteiger partial charge in [-0.3, -0.25) is 4.79 Å². The van der Waals surface area contributed by atoms with E-state index in [2.05, 4.69) is 10.4 Å². The maximum absolute atomic E-state index is 13.4. The van der Waals surface area contributed by atoms with E-state index in [-0.39, 0.29) is 24.8 Å². The van der Waals surface area contributed by atoms with Crippen molar-refractivity contribution in [3.8, 4) is 5.69 Å². The van der Waals surface area contributed by atoms with Gasteiger partial charge in [-0.25, -0.2) is 13.9 Å². The van der Waals surface area contributed by atoms with Gasteiger partial charge < -0.3 is 15.0 Å². The summed E-state index contributed by atoms with van der Waals surface area (Å²) in [5.41, 5.74) is 4.04. The Kier molecular flexibility index (Phi) is 6.50. The molecule has 0 bridgehead atoms. The van der Waals surface area contributed by atoms with Crippen LogP contribution in [0.4, 0.5) is 14.9 Å². The Labute approximate surface area is 224 Å². The molecule has 0 radical (unpaired) electrons. The number of amides is 2. The molecule has 0 unspecified atom stereocenters. The largest absolute Gasteiger partial charge is 0.445 e. The van der Waals surface area contributed by atoms with E-state index in [1.807, 2.05) is 78.9 Å². The fourth-order valence-corrected chi connectivity index (χ4v) is 5.07. The number of hydrogen-bond donors (Lipinski definition) is 1. The molecule has 1 saturated heterocycles. The van der Waals surface area contributed by atoms with Gasteiger partial charge in [-0.2, -0.15) is 5.10 Å². The van der Waals surface area contributed by atoms with Crippen molar-refractivity contribution in [1.29, 1.82) is 0 Å². The van der Waals surface area contributed by atoms with E-state index in [1.165, 1.54) is 12.1 Å². The minimum absolute atomic E-state index is 0.109. The SMILES string of the molecule is O=C(N[C@H]1CC(=O)N(c2ccc3c(cnn3-c3ccc(F)cc3)c2)[C@@H]1c1ccccc1)OCc1ccccc1. The second kappa shape index (κ2) is 10.4. The van der Waals surface area contributed by atoms with Crippen LogP contribution in [0.2, 0.25) is 0 Å². The number of hydrogen-bond acceptors (Lipinski definition) is 4. The number of nitrogens with zero attached hydrogens (tertiary/aromatic N) is 3. The summed E-state index contributed by atoms with van der Waals surface area (Å²) in [5.74, 6) is -0.424. The number of ether oxygens (including phenoxy) is 1. The maximum atomic E-state index is 13.4. The van der Waals surface area contributed by atoms with Crippen LogP contribution in [0.15, 0.2) is 109 Å². The molecule has 8 heteroatoms. The summed E-state index contributed by atoms with van der Waals surface area (Å²) in [6.45, 7) is 0.141. The second-order valence-electron chi connectivity index (χ2n) is 9.41. The Hall–Kier alpha value is -4.98. The number of rotatable bonds is 6. The van der Waals surface area contributed by atoms with Crippen molar-refractivity contribution in [3.63, 3.8) is 0 Å². The molecule has 2 atom stereocenters. The summed E-state index contributed by atoms with van der Waals surface area (Å²) in [5, 5.41) is 8.23. The smallest absolute Gasteiger partial charge is 0.407 e. The van der Waals surface area contributed by atoms with E-state index in [1.54, 1.807) is 27.9 Å². The lowest BCUT2D eigenvalue weighted by Gasteiger charge is -2.29. The van der Waals surface area contributed by atoms with E-state index in [0.29, 0.717) is 5.69 Å². The molecule has 0 aliphatic carbocycles. The molecule has 1 aliphatic heterocycles. The van der Waals surface area contributed by atoms with Gasteiger partial charge in [-0.15, -0.1) is 0 Å². The fraction of sp³-hybridized carbons (Fsp3) is 0.129. The summed E-state index contributed by atoms with van der Waals surface area (Å²) < 4.78 is 20.6. The molecular formula is C31H25FN4O3. The average molecular weight is 521 g/mol. The van der Waals surface area contributed by atoms with Gasteiger partial charge in [0.05, 0.1) is 29.5 Å². The number of nitrogens with one attached hydrogen (secondary N) is 1. The summed E-state index contributed by atoms with van der Waals surface area (Å²) in [6.07, 6.45) is 1.28. The Balaban J connectivity index is 1.28. The van der Waals surface area contributed by atoms with Crippen molar-refractivity contribution in [2.24, 2.45) is 0 Å². The van der Waals surface area contributed by atoms with Gasteiger partial charge >= 0.3 is 6.09 Å². The van der Waals surface area contributed by atoms with Crippen LogP contribution in [-0.4, -0.2) is 27.8 Å². The van der Waals surface area contributed by atoms with Crippen LogP contribution in [0.3, 0.4) is 0 Å². The van der Waals surface area contributed by atoms with Crippen LogP contribution >= 0.6 is 0 Å². The lowest BCUT2D eigenvalue weighted by molar-refractivity contribution is -0.117. The molecule has 0 spiro atoms. The highest BCUT2D eigenvalue weighted by molar-refractivity contribution is 5.99. The maximum Gasteiger partial charge on any atom is 0.407 e. The highest BCUT2D eigenvalue weighted by atomic mass is 19.1. The van der Waals surface area contributed by atoms with Crippen molar-refractivity contribution in [2.75, 3.05) is 4.90 Å². The first-order valence-electron chi connectivity index (χ1n) is 12.6. The molecule has 4 aromatic carbocycles. The molecule has 1 aliphatic rings. The van der Waals surface area contributed by atoms with Crippen LogP contribution < -0.4 is 10.2 Å². The first-order valence-corrected chi connectivity index (χ1v) is 12.6. The van der Waals surface area contributed by atoms with Crippen LogP contribution in [0.1, 0.15) is 23.6 Å². The number of halogens is 1. The number of carbonyl (C=O) groups excluding carboxylic acids is 2. The zero-order valence-corrected chi connectivity index (χ0v) is 20.9. The normalized spacial score (nSPS) is 16.9. The molecule has 2 amide bonds. The van der Waals surface area contributed by atoms with Gasteiger partial charge in [0.1, 0.15) is 12.4 Å². The monoisotopic (exact) mass is 520 g/mol. The topological polar surface area (TPSA) is 76.5 Å². The van der Waals surface area contributed by atoms with Gasteiger partial charge in [-0.1, -0.05) is 60.7 Å². The van der Waals surface area contributed by atoms with Crippen LogP contribution in [-0.2, 0) is 16.1 Å². The van der Waals surface area contributed by atoms with Gasteiger partial charge in [0, 0.05) is 17.5 Å². The van der Waals surface area contributed by atoms with Gasteiger partial charge in [0.15, 0.2) is 0 Å². The zero-order valence-electron chi connectivity index (χ0n) is 20.9. The number of alkyl carbamates (subject to hydrolysis) is 1. The van der Waals surface area contributed by atoms with Crippen LogP contribution in [0.5, 0.6) is 0 Å². The lowest BCUT2D eigenvalue weighted by atomic mass is 9.99. The van der Waals surface area contributed by atoms with Gasteiger partial charge in [-0.05, 0) is 53.6 Å². The quantitative estimate of drug-likeness (QED) is 0.301. The molecule has 1 N–H and O–H groups in total. The molecule has 0 saturated carbocycles. The predicted octanol–water partition coefficient (Wildman–Crippen LogP) is 5.94. The molecule has 6 rings (SSSR count). The third-order valence-electron chi connectivity index (χ3n) is 6.88. The summed E-state index contributed by atoms with van der Waals surface area (Å²) in [7, 11) is 0. The van der Waals surface area contributed by atoms with Gasteiger partial charge in [0.25, 0.3) is 0 Å². The third-order valence-corrected chi connectivity index (χ3v) is 6.88. The molecule has 1 aromatic heterocycles. The van der Waals surface area contributed by atoms with Crippen LogP contribution in [0, 0.1) is 5.82 Å². The predicted molar refractivity (Wildman–Crippen MR) is 146 cm³/mol. The van der Waals surface area contributed by atoms with E-state index >= 15 is 0 Å². The Morgan fingerprint density at radius 3 is 2.36 bits per heavy atom. The van der Waals surface area contributed by atoms with Crippen molar-refractivity contribution >= 4 is 28.6 Å². The summed E-state index contributed by atoms with van der Waals surface area (Å²) in [4.78, 5) is 27.9. The van der Waals surface area contributed by atoms with Gasteiger partial charge in [0.2, 0.25) is 5.91 Å². The van der Waals surface area contributed by atoms with Crippen molar-refractivity contribution in [2.45, 2.75) is 25.1 Å². The Morgan fingerprint density at radius 1 is 0.923 bits per heavy atom. The second-order valence-corrected chi connectivity index (χ2v) is 9.41. The fourth-order valence-electron chi connectivity index (χ4n) is 5.07. The molecular weight excluding hydrogens is 495 g/mol. The number of aromatic nitrogens is 2. The summed E-state index contributed by atoms with van der Waals surface area (Å²) in [6, 6.07) is 30.0. The standard InChI is InChI=1S/C31H25FN4O3/c32-24-11-13-25(14-12-24)36-28-16-15-26(17-23(28)19-33-36)35-29(37)18-27(30(35)22-9-5-2-6-10-22)34-31(38)39-20-21-7-3-1-4-8-21/h1-17,19,27,30H,18,20H2,(H,34,38)/t27-,30+/m0/s1. The van der Waals surface area contributed by atoms with E-state index in [4.69, 9.17) is 4.74 Å². The molecule has 194 valence electrons. The third kappa shape index (κ3) is 4.96. The number of fused-ring (bicyclic) bond motifs is 1. The van der Waals surface area contributed by atoms with E-state index in [9.17, 15) is 14.0 Å². The lowest BCUT2D eigenvalue weighted by Crippen LogP contribution is -2.40. The zero-order chi connectivity index (χ0) is 26.8. The summed E-state index contributed by atoms with van der Waals surface area (Å²) >= 11 is 0. The highest BCUT2D eigenvalue weighted by Crippen LogP contribution is 2.38. The minimum atomic E-state index is -0.574. The molecule has 2 heterocycles. The van der Waals surface area contributed by atoms with E-state index < -0.39 is 18.2 Å². The van der Waals surface area contributed by atoms with E-state index in [0.717, 1.165) is 27.7 Å². The van der Waals surface area contributed by atoms with Crippen molar-refractivity contribution in [3.05, 3.63) is 126 Å². The molecule has 5 aromatic rings. The average Bonchev–Trinajstić information content (AvgIpc) is 3.53. The number of carbonyl (C=O) groups is 2.